The van der Waals surface area contributed by atoms with Gasteiger partial charge in [0.25, 0.3) is 5.97 Å². The van der Waals surface area contributed by atoms with Gasteiger partial charge >= 0.3 is 5.97 Å². The molecular weight excluding hydrogens is 200 g/mol. The number of carbonyl (C=O) groups excluding carboxylic acids is 1. The Bertz CT molecular complexity index is 168. The van der Waals surface area contributed by atoms with Gasteiger partial charge in [-0.3, -0.25) is 4.79 Å². The fraction of sp³-hybridized carbons (Fsp3) is 0.900. The lowest BCUT2D eigenvalue weighted by molar-refractivity contribution is -0.355. The van der Waals surface area contributed by atoms with Crippen LogP contribution >= 0.6 is 0 Å². The number of hydrogen-bond acceptors (Lipinski definition) is 5. The Balaban J connectivity index is 3.76. The molecular formula is C10H20O5. The molecule has 0 amide bonds. The average molecular weight is 220 g/mol. The van der Waals surface area contributed by atoms with Crippen molar-refractivity contribution in [3.8, 4) is 0 Å². The Morgan fingerprint density at radius 1 is 1.13 bits per heavy atom. The van der Waals surface area contributed by atoms with E-state index in [1.807, 2.05) is 0 Å². The highest BCUT2D eigenvalue weighted by Gasteiger charge is 2.28. The predicted molar refractivity (Wildman–Crippen MR) is 54.2 cm³/mol. The van der Waals surface area contributed by atoms with E-state index in [4.69, 9.17) is 18.9 Å². The van der Waals surface area contributed by atoms with Gasteiger partial charge in [-0.2, -0.15) is 0 Å². The van der Waals surface area contributed by atoms with Gasteiger partial charge in [0.05, 0.1) is 6.61 Å². The maximum absolute atomic E-state index is 10.8. The smallest absolute Gasteiger partial charge is 0.305 e. The maximum atomic E-state index is 10.8. The van der Waals surface area contributed by atoms with Crippen LogP contribution < -0.4 is 0 Å². The summed E-state index contributed by atoms with van der Waals surface area (Å²) in [4.78, 5) is 10.8. The zero-order valence-electron chi connectivity index (χ0n) is 9.87. The molecule has 0 N–H and O–H groups in total. The molecule has 0 saturated carbocycles. The number of ether oxygens (including phenoxy) is 4. The van der Waals surface area contributed by atoms with E-state index in [0.717, 1.165) is 0 Å². The van der Waals surface area contributed by atoms with Gasteiger partial charge in [-0.05, 0) is 6.42 Å². The molecule has 0 radical (unpaired) electrons. The molecule has 90 valence electrons. The molecule has 0 bridgehead atoms. The lowest BCUT2D eigenvalue weighted by Crippen LogP contribution is -2.36. The molecule has 0 aliphatic heterocycles. The zero-order chi connectivity index (χ0) is 11.7. The van der Waals surface area contributed by atoms with Crippen LogP contribution in [0.4, 0.5) is 0 Å². The third-order valence-corrected chi connectivity index (χ3v) is 2.11. The number of rotatable bonds is 8. The van der Waals surface area contributed by atoms with Crippen LogP contribution in [0.2, 0.25) is 0 Å². The summed E-state index contributed by atoms with van der Waals surface area (Å²) in [5.41, 5.74) is 0. The highest BCUT2D eigenvalue weighted by Crippen LogP contribution is 2.18. The second-order valence-corrected chi connectivity index (χ2v) is 2.97. The van der Waals surface area contributed by atoms with Crippen molar-refractivity contribution in [1.29, 1.82) is 0 Å². The van der Waals surface area contributed by atoms with E-state index >= 15 is 0 Å². The topological polar surface area (TPSA) is 54.0 Å². The second kappa shape index (κ2) is 7.62. The van der Waals surface area contributed by atoms with E-state index in [9.17, 15) is 4.79 Å². The van der Waals surface area contributed by atoms with Gasteiger partial charge in [-0.1, -0.05) is 6.92 Å². The van der Waals surface area contributed by atoms with Gasteiger partial charge in [-0.25, -0.2) is 0 Å². The van der Waals surface area contributed by atoms with Gasteiger partial charge < -0.3 is 18.9 Å². The lowest BCUT2D eigenvalue weighted by atomic mass is 10.3. The summed E-state index contributed by atoms with van der Waals surface area (Å²) < 4.78 is 20.2. The van der Waals surface area contributed by atoms with Crippen molar-refractivity contribution in [1.82, 2.24) is 0 Å². The molecule has 0 rings (SSSR count). The molecule has 5 nitrogen and oxygen atoms in total. The maximum Gasteiger partial charge on any atom is 0.305 e. The first-order valence-electron chi connectivity index (χ1n) is 4.95. The summed E-state index contributed by atoms with van der Waals surface area (Å²) in [7, 11) is 4.52. The van der Waals surface area contributed by atoms with Crippen molar-refractivity contribution in [2.24, 2.45) is 0 Å². The van der Waals surface area contributed by atoms with E-state index in [0.29, 0.717) is 25.9 Å². The summed E-state index contributed by atoms with van der Waals surface area (Å²) in [6, 6.07) is 0. The molecule has 0 aromatic rings. The quantitative estimate of drug-likeness (QED) is 0.351. The molecule has 0 heterocycles. The SMILES string of the molecule is CCC(=O)OCCCC(OC)(OC)OC. The Labute approximate surface area is 90.6 Å². The van der Waals surface area contributed by atoms with Crippen molar-refractivity contribution in [2.75, 3.05) is 27.9 Å². The summed E-state index contributed by atoms with van der Waals surface area (Å²) >= 11 is 0. The van der Waals surface area contributed by atoms with Crippen LogP contribution in [0.5, 0.6) is 0 Å². The highest BCUT2D eigenvalue weighted by atomic mass is 16.9. The monoisotopic (exact) mass is 220 g/mol. The van der Waals surface area contributed by atoms with Crippen molar-refractivity contribution in [3.63, 3.8) is 0 Å². The van der Waals surface area contributed by atoms with Gasteiger partial charge in [0.1, 0.15) is 0 Å². The Kier molecular flexibility index (Phi) is 7.29. The third kappa shape index (κ3) is 5.11. The Hall–Kier alpha value is -0.650. The normalized spacial score (nSPS) is 11.5. The summed E-state index contributed by atoms with van der Waals surface area (Å²) in [6.07, 6.45) is 1.53. The molecule has 0 spiro atoms. The highest BCUT2D eigenvalue weighted by molar-refractivity contribution is 5.68. The van der Waals surface area contributed by atoms with Crippen LogP contribution in [-0.4, -0.2) is 39.9 Å². The number of carbonyl (C=O) groups is 1. The summed E-state index contributed by atoms with van der Waals surface area (Å²) in [6.45, 7) is 2.11. The van der Waals surface area contributed by atoms with Crippen molar-refractivity contribution >= 4 is 5.97 Å². The molecule has 0 saturated heterocycles. The minimum absolute atomic E-state index is 0.201. The van der Waals surface area contributed by atoms with Crippen LogP contribution in [0, 0.1) is 0 Å². The number of esters is 1. The number of methoxy groups -OCH3 is 3. The van der Waals surface area contributed by atoms with E-state index in [2.05, 4.69) is 0 Å². The summed E-state index contributed by atoms with van der Waals surface area (Å²) in [5, 5.41) is 0. The largest absolute Gasteiger partial charge is 0.466 e. The molecule has 0 unspecified atom stereocenters. The Morgan fingerprint density at radius 2 is 1.67 bits per heavy atom. The van der Waals surface area contributed by atoms with E-state index in [1.54, 1.807) is 6.92 Å². The molecule has 0 aliphatic rings. The van der Waals surface area contributed by atoms with E-state index in [-0.39, 0.29) is 5.97 Å². The fourth-order valence-electron chi connectivity index (χ4n) is 1.13. The van der Waals surface area contributed by atoms with Crippen molar-refractivity contribution in [3.05, 3.63) is 0 Å². The van der Waals surface area contributed by atoms with E-state index in [1.165, 1.54) is 21.3 Å². The molecule has 5 heteroatoms. The first kappa shape index (κ1) is 14.3. The van der Waals surface area contributed by atoms with Crippen LogP contribution in [-0.2, 0) is 23.7 Å². The molecule has 0 aromatic heterocycles. The summed E-state index contributed by atoms with van der Waals surface area (Å²) in [5.74, 6) is -1.23. The standard InChI is InChI=1S/C10H20O5/c1-5-9(11)15-8-6-7-10(12-2,13-3)14-4/h5-8H2,1-4H3. The first-order valence-corrected chi connectivity index (χ1v) is 4.95. The van der Waals surface area contributed by atoms with Crippen molar-refractivity contribution in [2.45, 2.75) is 32.2 Å². The van der Waals surface area contributed by atoms with Gasteiger partial charge in [0.15, 0.2) is 0 Å². The number of hydrogen-bond donors (Lipinski definition) is 0. The van der Waals surface area contributed by atoms with Gasteiger partial charge in [-0.15, -0.1) is 0 Å². The minimum atomic E-state index is -1.03. The van der Waals surface area contributed by atoms with Gasteiger partial charge in [0, 0.05) is 34.2 Å². The molecule has 0 aromatic carbocycles. The fourth-order valence-corrected chi connectivity index (χ4v) is 1.13. The van der Waals surface area contributed by atoms with Crippen LogP contribution in [0.15, 0.2) is 0 Å². The minimum Gasteiger partial charge on any atom is -0.466 e. The molecule has 0 atom stereocenters. The van der Waals surface area contributed by atoms with Gasteiger partial charge in [0.2, 0.25) is 0 Å². The van der Waals surface area contributed by atoms with Crippen LogP contribution in [0.1, 0.15) is 26.2 Å². The van der Waals surface area contributed by atoms with Crippen molar-refractivity contribution < 1.29 is 23.7 Å². The molecule has 0 aliphatic carbocycles. The molecule has 0 fully saturated rings. The second-order valence-electron chi connectivity index (χ2n) is 2.97. The first-order chi connectivity index (χ1) is 7.14. The van der Waals surface area contributed by atoms with E-state index < -0.39 is 5.97 Å². The Morgan fingerprint density at radius 3 is 2.07 bits per heavy atom. The predicted octanol–water partition coefficient (Wildman–Crippen LogP) is 1.31. The third-order valence-electron chi connectivity index (χ3n) is 2.11. The van der Waals surface area contributed by atoms with Crippen LogP contribution in [0.25, 0.3) is 0 Å². The zero-order valence-corrected chi connectivity index (χ0v) is 9.87. The average Bonchev–Trinajstić information content (AvgIpc) is 2.30. The van der Waals surface area contributed by atoms with Crippen LogP contribution in [0.3, 0.4) is 0 Å². The lowest BCUT2D eigenvalue weighted by Gasteiger charge is -2.28. The molecule has 15 heavy (non-hydrogen) atoms.